The highest BCUT2D eigenvalue weighted by Crippen LogP contribution is 2.18. The summed E-state index contributed by atoms with van der Waals surface area (Å²) in [5.74, 6) is 1.27. The van der Waals surface area contributed by atoms with Gasteiger partial charge in [-0.3, -0.25) is 9.69 Å². The Kier molecular flexibility index (Phi) is 5.76. The molecule has 0 radical (unpaired) electrons. The van der Waals surface area contributed by atoms with Gasteiger partial charge in [0.25, 0.3) is 0 Å². The number of anilines is 1. The van der Waals surface area contributed by atoms with Crippen molar-refractivity contribution in [3.05, 3.63) is 29.8 Å². The van der Waals surface area contributed by atoms with Crippen molar-refractivity contribution in [2.75, 3.05) is 38.5 Å². The number of benzene rings is 1. The molecule has 1 fully saturated rings. The third-order valence-corrected chi connectivity index (χ3v) is 4.09. The van der Waals surface area contributed by atoms with E-state index in [1.54, 1.807) is 0 Å². The largest absolute Gasteiger partial charge is 0.325 e. The van der Waals surface area contributed by atoms with Crippen LogP contribution < -0.4 is 10.6 Å². The van der Waals surface area contributed by atoms with E-state index in [4.69, 9.17) is 0 Å². The van der Waals surface area contributed by atoms with Crippen LogP contribution in [0.15, 0.2) is 24.3 Å². The zero-order valence-electron chi connectivity index (χ0n) is 13.4. The maximum Gasteiger partial charge on any atom is 0.238 e. The quantitative estimate of drug-likeness (QED) is 0.844. The second-order valence-electron chi connectivity index (χ2n) is 6.27. The maximum absolute atomic E-state index is 12.1. The lowest BCUT2D eigenvalue weighted by molar-refractivity contribution is -0.117. The summed E-state index contributed by atoms with van der Waals surface area (Å²) in [4.78, 5) is 14.3. The number of rotatable bonds is 6. The number of carbonyl (C=O) groups is 1. The Morgan fingerprint density at radius 1 is 1.33 bits per heavy atom. The molecule has 0 spiro atoms. The first kappa shape index (κ1) is 16.0. The number of amides is 1. The molecule has 1 unspecified atom stereocenters. The molecule has 2 rings (SSSR count). The van der Waals surface area contributed by atoms with Crippen LogP contribution in [0, 0.1) is 5.92 Å². The van der Waals surface area contributed by atoms with Crippen molar-refractivity contribution >= 4 is 11.6 Å². The molecule has 1 saturated heterocycles. The van der Waals surface area contributed by atoms with Gasteiger partial charge in [-0.05, 0) is 56.1 Å². The lowest BCUT2D eigenvalue weighted by Crippen LogP contribution is -2.32. The Morgan fingerprint density at radius 2 is 2.05 bits per heavy atom. The number of nitrogens with one attached hydrogen (secondary N) is 2. The molecule has 116 valence electrons. The molecular formula is C17H27N3O. The fourth-order valence-corrected chi connectivity index (χ4v) is 2.87. The van der Waals surface area contributed by atoms with Crippen LogP contribution in [-0.4, -0.2) is 44.0 Å². The Hall–Kier alpha value is -1.39. The van der Waals surface area contributed by atoms with Crippen LogP contribution in [-0.2, 0) is 4.79 Å². The van der Waals surface area contributed by atoms with Gasteiger partial charge in [0.1, 0.15) is 0 Å². The normalized spacial score (nSPS) is 19.1. The number of nitrogens with zero attached hydrogens (tertiary/aromatic N) is 1. The molecule has 1 aliphatic heterocycles. The molecule has 1 aromatic carbocycles. The summed E-state index contributed by atoms with van der Waals surface area (Å²) in [6, 6.07) is 8.14. The van der Waals surface area contributed by atoms with Crippen molar-refractivity contribution in [2.24, 2.45) is 5.92 Å². The molecule has 0 saturated carbocycles. The molecule has 1 aromatic rings. The Bertz CT molecular complexity index is 456. The first-order chi connectivity index (χ1) is 10.1. The lowest BCUT2D eigenvalue weighted by Gasteiger charge is -2.16. The standard InChI is InChI=1S/C17H27N3O/c1-13(2)15-4-6-16(7-5-15)19-17(21)12-20-9-8-14(11-20)10-18-3/h4-7,13-14,18H,8-12H2,1-3H3,(H,19,21). The van der Waals surface area contributed by atoms with E-state index in [1.807, 2.05) is 19.2 Å². The third kappa shape index (κ3) is 4.83. The molecule has 1 amide bonds. The van der Waals surface area contributed by atoms with Gasteiger partial charge in [-0.25, -0.2) is 0 Å². The highest BCUT2D eigenvalue weighted by atomic mass is 16.2. The maximum atomic E-state index is 12.1. The van der Waals surface area contributed by atoms with E-state index in [0.717, 1.165) is 25.3 Å². The van der Waals surface area contributed by atoms with E-state index >= 15 is 0 Å². The van der Waals surface area contributed by atoms with Crippen LogP contribution in [0.1, 0.15) is 31.7 Å². The van der Waals surface area contributed by atoms with Crippen molar-refractivity contribution in [1.29, 1.82) is 0 Å². The summed E-state index contributed by atoms with van der Waals surface area (Å²) in [6.45, 7) is 7.90. The first-order valence-electron chi connectivity index (χ1n) is 7.85. The molecule has 0 bridgehead atoms. The first-order valence-corrected chi connectivity index (χ1v) is 7.85. The topological polar surface area (TPSA) is 44.4 Å². The fraction of sp³-hybridized carbons (Fsp3) is 0.588. The second kappa shape index (κ2) is 7.57. The van der Waals surface area contributed by atoms with Gasteiger partial charge in [0.05, 0.1) is 6.54 Å². The van der Waals surface area contributed by atoms with E-state index in [-0.39, 0.29) is 5.91 Å². The number of hydrogen-bond acceptors (Lipinski definition) is 3. The minimum Gasteiger partial charge on any atom is -0.325 e. The molecule has 2 N–H and O–H groups in total. The number of likely N-dealkylation sites (tertiary alicyclic amines) is 1. The van der Waals surface area contributed by atoms with Gasteiger partial charge in [0, 0.05) is 12.2 Å². The third-order valence-electron chi connectivity index (χ3n) is 4.09. The molecule has 0 aromatic heterocycles. The van der Waals surface area contributed by atoms with E-state index in [1.165, 1.54) is 12.0 Å². The summed E-state index contributed by atoms with van der Waals surface area (Å²) < 4.78 is 0. The SMILES string of the molecule is CNCC1CCN(CC(=O)Nc2ccc(C(C)C)cc2)C1. The van der Waals surface area contributed by atoms with Crippen LogP contribution in [0.2, 0.25) is 0 Å². The van der Waals surface area contributed by atoms with Gasteiger partial charge in [-0.1, -0.05) is 26.0 Å². The van der Waals surface area contributed by atoms with Gasteiger partial charge in [0.15, 0.2) is 0 Å². The van der Waals surface area contributed by atoms with Crippen LogP contribution in [0.4, 0.5) is 5.69 Å². The van der Waals surface area contributed by atoms with E-state index in [2.05, 4.69) is 41.5 Å². The van der Waals surface area contributed by atoms with E-state index in [0.29, 0.717) is 18.4 Å². The predicted octanol–water partition coefficient (Wildman–Crippen LogP) is 2.29. The highest BCUT2D eigenvalue weighted by molar-refractivity contribution is 5.92. The van der Waals surface area contributed by atoms with E-state index in [9.17, 15) is 4.79 Å². The molecule has 21 heavy (non-hydrogen) atoms. The van der Waals surface area contributed by atoms with E-state index < -0.39 is 0 Å². The summed E-state index contributed by atoms with van der Waals surface area (Å²) in [5.41, 5.74) is 2.18. The summed E-state index contributed by atoms with van der Waals surface area (Å²) in [6.07, 6.45) is 1.18. The highest BCUT2D eigenvalue weighted by Gasteiger charge is 2.23. The van der Waals surface area contributed by atoms with Gasteiger partial charge in [0.2, 0.25) is 5.91 Å². The average Bonchev–Trinajstić information content (AvgIpc) is 2.87. The lowest BCUT2D eigenvalue weighted by atomic mass is 10.0. The smallest absolute Gasteiger partial charge is 0.238 e. The van der Waals surface area contributed by atoms with Gasteiger partial charge < -0.3 is 10.6 Å². The van der Waals surface area contributed by atoms with Gasteiger partial charge >= 0.3 is 0 Å². The summed E-state index contributed by atoms with van der Waals surface area (Å²) in [7, 11) is 1.98. The Balaban J connectivity index is 1.79. The number of carbonyl (C=O) groups excluding carboxylic acids is 1. The van der Waals surface area contributed by atoms with Crippen LogP contribution in [0.25, 0.3) is 0 Å². The monoisotopic (exact) mass is 289 g/mol. The average molecular weight is 289 g/mol. The zero-order valence-corrected chi connectivity index (χ0v) is 13.4. The van der Waals surface area contributed by atoms with Crippen molar-refractivity contribution in [3.63, 3.8) is 0 Å². The van der Waals surface area contributed by atoms with Crippen LogP contribution in [0.3, 0.4) is 0 Å². The second-order valence-corrected chi connectivity index (χ2v) is 6.27. The molecule has 0 aliphatic carbocycles. The molecule has 4 nitrogen and oxygen atoms in total. The van der Waals surface area contributed by atoms with Crippen molar-refractivity contribution < 1.29 is 4.79 Å². The number of hydrogen-bond donors (Lipinski definition) is 2. The fourth-order valence-electron chi connectivity index (χ4n) is 2.87. The Labute approximate surface area is 127 Å². The van der Waals surface area contributed by atoms with Crippen molar-refractivity contribution in [2.45, 2.75) is 26.2 Å². The van der Waals surface area contributed by atoms with Crippen LogP contribution >= 0.6 is 0 Å². The molecule has 1 atom stereocenters. The summed E-state index contributed by atoms with van der Waals surface area (Å²) >= 11 is 0. The molecule has 4 heteroatoms. The van der Waals surface area contributed by atoms with Crippen molar-refractivity contribution in [3.8, 4) is 0 Å². The molecule has 1 aliphatic rings. The minimum atomic E-state index is 0.0809. The molecule has 1 heterocycles. The van der Waals surface area contributed by atoms with Crippen LogP contribution in [0.5, 0.6) is 0 Å². The zero-order chi connectivity index (χ0) is 15.2. The van der Waals surface area contributed by atoms with Gasteiger partial charge in [-0.15, -0.1) is 0 Å². The van der Waals surface area contributed by atoms with Crippen molar-refractivity contribution in [1.82, 2.24) is 10.2 Å². The predicted molar refractivity (Wildman–Crippen MR) is 87.6 cm³/mol. The molecular weight excluding hydrogens is 262 g/mol. The Morgan fingerprint density at radius 3 is 2.67 bits per heavy atom. The summed E-state index contributed by atoms with van der Waals surface area (Å²) in [5, 5.41) is 6.20. The minimum absolute atomic E-state index is 0.0809. The van der Waals surface area contributed by atoms with Gasteiger partial charge in [-0.2, -0.15) is 0 Å².